The lowest BCUT2D eigenvalue weighted by Crippen LogP contribution is -2.40. The SMILES string of the molecule is CC(C)[C@H](NC(=O)[C@H]1COc2ccc(Cl)cc2C1)c1cccs1. The Morgan fingerprint density at radius 2 is 2.22 bits per heavy atom. The number of hydrogen-bond donors (Lipinski definition) is 1. The predicted molar refractivity (Wildman–Crippen MR) is 94.2 cm³/mol. The highest BCUT2D eigenvalue weighted by molar-refractivity contribution is 7.10. The molecule has 1 amide bonds. The molecular weight excluding hydrogens is 330 g/mol. The van der Waals surface area contributed by atoms with Gasteiger partial charge >= 0.3 is 0 Å². The molecule has 0 saturated carbocycles. The van der Waals surface area contributed by atoms with Crippen molar-refractivity contribution >= 4 is 28.8 Å². The second-order valence-electron chi connectivity index (χ2n) is 6.21. The van der Waals surface area contributed by atoms with Crippen LogP contribution in [-0.2, 0) is 11.2 Å². The molecule has 1 aliphatic rings. The molecule has 2 atom stereocenters. The van der Waals surface area contributed by atoms with E-state index in [0.717, 1.165) is 11.3 Å². The fourth-order valence-electron chi connectivity index (χ4n) is 2.84. The Labute approximate surface area is 145 Å². The van der Waals surface area contributed by atoms with E-state index in [-0.39, 0.29) is 17.9 Å². The smallest absolute Gasteiger partial charge is 0.227 e. The number of nitrogens with one attached hydrogen (secondary N) is 1. The van der Waals surface area contributed by atoms with E-state index in [1.54, 1.807) is 11.3 Å². The first-order valence-electron chi connectivity index (χ1n) is 7.79. The van der Waals surface area contributed by atoms with E-state index >= 15 is 0 Å². The second kappa shape index (κ2) is 6.93. The van der Waals surface area contributed by atoms with Crippen LogP contribution in [0.5, 0.6) is 5.75 Å². The molecule has 3 nitrogen and oxygen atoms in total. The summed E-state index contributed by atoms with van der Waals surface area (Å²) in [5, 5.41) is 5.91. The maximum Gasteiger partial charge on any atom is 0.227 e. The van der Waals surface area contributed by atoms with Gasteiger partial charge < -0.3 is 10.1 Å². The van der Waals surface area contributed by atoms with E-state index in [1.165, 1.54) is 4.88 Å². The van der Waals surface area contributed by atoms with Gasteiger partial charge in [0.2, 0.25) is 5.91 Å². The number of rotatable bonds is 4. The van der Waals surface area contributed by atoms with E-state index in [2.05, 4.69) is 25.2 Å². The first-order valence-corrected chi connectivity index (χ1v) is 9.05. The van der Waals surface area contributed by atoms with Crippen LogP contribution in [0.1, 0.15) is 30.3 Å². The van der Waals surface area contributed by atoms with E-state index in [1.807, 2.05) is 29.6 Å². The van der Waals surface area contributed by atoms with Crippen molar-refractivity contribution in [3.05, 3.63) is 51.2 Å². The standard InChI is InChI=1S/C18H20ClNO2S/c1-11(2)17(16-4-3-7-23-16)20-18(21)13-8-12-9-14(19)5-6-15(12)22-10-13/h3-7,9,11,13,17H,8,10H2,1-2H3,(H,20,21)/t13-,17+/m1/s1. The van der Waals surface area contributed by atoms with Crippen LogP contribution in [-0.4, -0.2) is 12.5 Å². The average molecular weight is 350 g/mol. The molecule has 23 heavy (non-hydrogen) atoms. The highest BCUT2D eigenvalue weighted by atomic mass is 35.5. The topological polar surface area (TPSA) is 38.3 Å². The zero-order valence-corrected chi connectivity index (χ0v) is 14.8. The number of halogens is 1. The summed E-state index contributed by atoms with van der Waals surface area (Å²) in [7, 11) is 0. The molecule has 2 heterocycles. The average Bonchev–Trinajstić information content (AvgIpc) is 3.05. The van der Waals surface area contributed by atoms with Gasteiger partial charge in [0.05, 0.1) is 12.0 Å². The van der Waals surface area contributed by atoms with Gasteiger partial charge in [-0.3, -0.25) is 4.79 Å². The van der Waals surface area contributed by atoms with Crippen LogP contribution >= 0.6 is 22.9 Å². The van der Waals surface area contributed by atoms with Crippen LogP contribution in [0.15, 0.2) is 35.7 Å². The maximum atomic E-state index is 12.7. The van der Waals surface area contributed by atoms with Crippen molar-refractivity contribution in [3.8, 4) is 5.75 Å². The molecule has 0 bridgehead atoms. The Hall–Kier alpha value is -1.52. The molecule has 3 rings (SSSR count). The van der Waals surface area contributed by atoms with Gasteiger partial charge in [0.15, 0.2) is 0 Å². The van der Waals surface area contributed by atoms with Crippen LogP contribution in [0.3, 0.4) is 0 Å². The van der Waals surface area contributed by atoms with Crippen LogP contribution in [0.2, 0.25) is 5.02 Å². The zero-order chi connectivity index (χ0) is 16.4. The molecule has 5 heteroatoms. The minimum atomic E-state index is -0.179. The summed E-state index contributed by atoms with van der Waals surface area (Å²) in [5.41, 5.74) is 1.00. The van der Waals surface area contributed by atoms with Gasteiger partial charge in [-0.15, -0.1) is 11.3 Å². The van der Waals surface area contributed by atoms with Crippen molar-refractivity contribution in [3.63, 3.8) is 0 Å². The number of hydrogen-bond acceptors (Lipinski definition) is 3. The quantitative estimate of drug-likeness (QED) is 0.884. The molecule has 1 aromatic carbocycles. The summed E-state index contributed by atoms with van der Waals surface area (Å²) < 4.78 is 5.73. The van der Waals surface area contributed by atoms with E-state index < -0.39 is 0 Å². The number of carbonyl (C=O) groups excluding carboxylic acids is 1. The van der Waals surface area contributed by atoms with Gasteiger partial charge in [0.25, 0.3) is 0 Å². The lowest BCUT2D eigenvalue weighted by atomic mass is 9.94. The van der Waals surface area contributed by atoms with Gasteiger partial charge in [-0.25, -0.2) is 0 Å². The van der Waals surface area contributed by atoms with E-state index in [0.29, 0.717) is 24.0 Å². The van der Waals surface area contributed by atoms with Gasteiger partial charge in [-0.2, -0.15) is 0 Å². The lowest BCUT2D eigenvalue weighted by Gasteiger charge is -2.28. The molecule has 122 valence electrons. The molecule has 2 aromatic rings. The fraction of sp³-hybridized carbons (Fsp3) is 0.389. The Kier molecular flexibility index (Phi) is 4.93. The third-order valence-corrected chi connectivity index (χ3v) is 5.30. The zero-order valence-electron chi connectivity index (χ0n) is 13.2. The van der Waals surface area contributed by atoms with Gasteiger partial charge in [0, 0.05) is 9.90 Å². The van der Waals surface area contributed by atoms with Gasteiger partial charge in [-0.1, -0.05) is 31.5 Å². The number of fused-ring (bicyclic) bond motifs is 1. The number of carbonyl (C=O) groups is 1. The Morgan fingerprint density at radius 3 is 2.91 bits per heavy atom. The molecule has 0 aliphatic carbocycles. The molecule has 1 aromatic heterocycles. The highest BCUT2D eigenvalue weighted by Gasteiger charge is 2.29. The van der Waals surface area contributed by atoms with Crippen molar-refractivity contribution in [1.29, 1.82) is 0 Å². The van der Waals surface area contributed by atoms with Crippen LogP contribution in [0.4, 0.5) is 0 Å². The number of benzene rings is 1. The van der Waals surface area contributed by atoms with Crippen molar-refractivity contribution in [1.82, 2.24) is 5.32 Å². The minimum absolute atomic E-state index is 0.0442. The van der Waals surface area contributed by atoms with Crippen molar-refractivity contribution < 1.29 is 9.53 Å². The highest BCUT2D eigenvalue weighted by Crippen LogP contribution is 2.31. The molecular formula is C18H20ClNO2S. The van der Waals surface area contributed by atoms with Gasteiger partial charge in [0.1, 0.15) is 12.4 Å². The van der Waals surface area contributed by atoms with Crippen LogP contribution < -0.4 is 10.1 Å². The molecule has 0 radical (unpaired) electrons. The molecule has 0 spiro atoms. The summed E-state index contributed by atoms with van der Waals surface area (Å²) in [4.78, 5) is 13.9. The van der Waals surface area contributed by atoms with E-state index in [9.17, 15) is 4.79 Å². The third-order valence-electron chi connectivity index (χ3n) is 4.11. The Balaban J connectivity index is 1.71. The largest absolute Gasteiger partial charge is 0.492 e. The second-order valence-corrected chi connectivity index (χ2v) is 7.63. The Bertz CT molecular complexity index is 684. The number of amides is 1. The summed E-state index contributed by atoms with van der Waals surface area (Å²) in [5.74, 6) is 1.03. The van der Waals surface area contributed by atoms with Crippen LogP contribution in [0.25, 0.3) is 0 Å². The maximum absolute atomic E-state index is 12.7. The number of thiophene rings is 1. The van der Waals surface area contributed by atoms with Crippen molar-refractivity contribution in [2.75, 3.05) is 6.61 Å². The summed E-state index contributed by atoms with van der Waals surface area (Å²) in [6, 6.07) is 9.70. The first kappa shape index (κ1) is 16.3. The molecule has 0 unspecified atom stereocenters. The monoisotopic (exact) mass is 349 g/mol. The Morgan fingerprint density at radius 1 is 1.39 bits per heavy atom. The first-order chi connectivity index (χ1) is 11.0. The molecule has 1 aliphatic heterocycles. The summed E-state index contributed by atoms with van der Waals surface area (Å²) in [6.45, 7) is 4.66. The van der Waals surface area contributed by atoms with Crippen molar-refractivity contribution in [2.45, 2.75) is 26.3 Å². The molecule has 0 saturated heterocycles. The van der Waals surface area contributed by atoms with Crippen LogP contribution in [0, 0.1) is 11.8 Å². The van der Waals surface area contributed by atoms with E-state index in [4.69, 9.17) is 16.3 Å². The predicted octanol–water partition coefficient (Wildman–Crippen LogP) is 4.47. The summed E-state index contributed by atoms with van der Waals surface area (Å²) >= 11 is 7.72. The number of ether oxygens (including phenoxy) is 1. The third kappa shape index (κ3) is 3.70. The minimum Gasteiger partial charge on any atom is -0.492 e. The van der Waals surface area contributed by atoms with Gasteiger partial charge in [-0.05, 0) is 47.5 Å². The van der Waals surface area contributed by atoms with Crippen molar-refractivity contribution in [2.24, 2.45) is 11.8 Å². The fourth-order valence-corrected chi connectivity index (χ4v) is 3.98. The molecule has 1 N–H and O–H groups in total. The lowest BCUT2D eigenvalue weighted by molar-refractivity contribution is -0.127. The normalized spacial score (nSPS) is 18.2. The molecule has 0 fully saturated rings. The summed E-state index contributed by atoms with van der Waals surface area (Å²) in [6.07, 6.45) is 0.664.